The molecule has 1 aliphatic heterocycles. The lowest BCUT2D eigenvalue weighted by Gasteiger charge is -2.58. The van der Waals surface area contributed by atoms with Gasteiger partial charge in [-0.25, -0.2) is 0 Å². The summed E-state index contributed by atoms with van der Waals surface area (Å²) in [4.78, 5) is 15.9. The fraction of sp³-hybridized carbons (Fsp3) is 0.889. The Morgan fingerprint density at radius 3 is 2.55 bits per heavy atom. The lowest BCUT2D eigenvalue weighted by Crippen LogP contribution is -2.55. The van der Waals surface area contributed by atoms with Crippen molar-refractivity contribution in [2.75, 3.05) is 13.6 Å². The van der Waals surface area contributed by atoms with E-state index in [9.17, 15) is 4.79 Å². The molecule has 0 spiro atoms. The van der Waals surface area contributed by atoms with Crippen LogP contribution in [0.4, 0.5) is 0 Å². The van der Waals surface area contributed by atoms with Crippen LogP contribution in [0.1, 0.15) is 92.4 Å². The molecule has 4 aliphatic rings. The molecule has 0 aromatic rings. The number of rotatable bonds is 5. The monoisotopic (exact) mass is 399 g/mol. The zero-order chi connectivity index (χ0) is 21.0. The minimum Gasteiger partial charge on any atom is -0.377 e. The Bertz CT molecular complexity index is 665. The van der Waals surface area contributed by atoms with Gasteiger partial charge in [0.05, 0.1) is 0 Å². The molecule has 0 amide bonds. The molecule has 2 heteroatoms. The maximum absolute atomic E-state index is 13.5. The predicted molar refractivity (Wildman–Crippen MR) is 121 cm³/mol. The van der Waals surface area contributed by atoms with Gasteiger partial charge in [-0.2, -0.15) is 0 Å². The molecule has 29 heavy (non-hydrogen) atoms. The zero-order valence-electron chi connectivity index (χ0n) is 20.0. The Kier molecular flexibility index (Phi) is 5.71. The van der Waals surface area contributed by atoms with Crippen molar-refractivity contribution in [2.24, 2.45) is 46.3 Å². The molecular formula is C27H45NO. The highest BCUT2D eigenvalue weighted by Gasteiger charge is 2.61. The van der Waals surface area contributed by atoms with Crippen LogP contribution in [0.5, 0.6) is 0 Å². The predicted octanol–water partition coefficient (Wildman–Crippen LogP) is 6.71. The maximum atomic E-state index is 13.5. The lowest BCUT2D eigenvalue weighted by atomic mass is 9.48. The molecule has 0 aromatic heterocycles. The van der Waals surface area contributed by atoms with Crippen LogP contribution in [-0.4, -0.2) is 24.3 Å². The van der Waals surface area contributed by atoms with E-state index in [0.717, 1.165) is 24.3 Å². The molecule has 1 heterocycles. The number of hydrogen-bond donors (Lipinski definition) is 0. The van der Waals surface area contributed by atoms with Gasteiger partial charge in [-0.15, -0.1) is 0 Å². The van der Waals surface area contributed by atoms with E-state index in [4.69, 9.17) is 0 Å². The molecular weight excluding hydrogens is 354 g/mol. The molecule has 7 atom stereocenters. The summed E-state index contributed by atoms with van der Waals surface area (Å²) >= 11 is 0. The molecule has 3 aliphatic carbocycles. The quantitative estimate of drug-likeness (QED) is 0.512. The number of hydrogen-bond acceptors (Lipinski definition) is 2. The normalized spacial score (nSPS) is 42.9. The maximum Gasteiger partial charge on any atom is 0.161 e. The van der Waals surface area contributed by atoms with E-state index in [1.807, 2.05) is 0 Å². The van der Waals surface area contributed by atoms with Crippen LogP contribution in [0.3, 0.4) is 0 Å². The van der Waals surface area contributed by atoms with Crippen molar-refractivity contribution in [1.29, 1.82) is 0 Å². The smallest absolute Gasteiger partial charge is 0.161 e. The molecule has 164 valence electrons. The highest BCUT2D eigenvalue weighted by molar-refractivity contribution is 5.94. The van der Waals surface area contributed by atoms with Crippen LogP contribution in [0.15, 0.2) is 11.8 Å². The summed E-state index contributed by atoms with van der Waals surface area (Å²) in [5.41, 5.74) is 1.97. The number of ketones is 1. The fourth-order valence-corrected chi connectivity index (χ4v) is 8.53. The van der Waals surface area contributed by atoms with E-state index < -0.39 is 0 Å². The topological polar surface area (TPSA) is 20.3 Å². The van der Waals surface area contributed by atoms with Gasteiger partial charge in [-0.3, -0.25) is 4.79 Å². The first-order valence-electron chi connectivity index (χ1n) is 12.7. The molecule has 1 saturated heterocycles. The van der Waals surface area contributed by atoms with Crippen LogP contribution in [0, 0.1) is 46.3 Å². The highest BCUT2D eigenvalue weighted by Crippen LogP contribution is 2.66. The number of carbonyl (C=O) groups excluding carboxylic acids is 1. The summed E-state index contributed by atoms with van der Waals surface area (Å²) < 4.78 is 0. The first-order chi connectivity index (χ1) is 13.7. The number of allylic oxidation sites excluding steroid dienone is 2. The summed E-state index contributed by atoms with van der Waals surface area (Å²) in [6.45, 7) is 13.4. The highest BCUT2D eigenvalue weighted by atomic mass is 16.1. The Morgan fingerprint density at radius 2 is 1.83 bits per heavy atom. The first kappa shape index (κ1) is 21.4. The van der Waals surface area contributed by atoms with Gasteiger partial charge in [0, 0.05) is 36.7 Å². The van der Waals surface area contributed by atoms with E-state index >= 15 is 0 Å². The molecule has 0 aromatic carbocycles. The molecule has 0 bridgehead atoms. The first-order valence-corrected chi connectivity index (χ1v) is 12.7. The Morgan fingerprint density at radius 1 is 1.07 bits per heavy atom. The second kappa shape index (κ2) is 7.72. The van der Waals surface area contributed by atoms with Crippen molar-refractivity contribution < 1.29 is 4.79 Å². The van der Waals surface area contributed by atoms with E-state index in [0.29, 0.717) is 29.0 Å². The summed E-state index contributed by atoms with van der Waals surface area (Å²) in [5.74, 6) is 4.41. The third-order valence-corrected chi connectivity index (χ3v) is 10.1. The average molecular weight is 400 g/mol. The van der Waals surface area contributed by atoms with Crippen LogP contribution < -0.4 is 0 Å². The summed E-state index contributed by atoms with van der Waals surface area (Å²) in [5, 5.41) is 0. The van der Waals surface area contributed by atoms with Crippen LogP contribution in [0.2, 0.25) is 0 Å². The molecule has 5 unspecified atom stereocenters. The van der Waals surface area contributed by atoms with Crippen molar-refractivity contribution in [2.45, 2.75) is 92.4 Å². The summed E-state index contributed by atoms with van der Waals surface area (Å²) in [6, 6.07) is 0. The van der Waals surface area contributed by atoms with Crippen LogP contribution >= 0.6 is 0 Å². The summed E-state index contributed by atoms with van der Waals surface area (Å²) in [7, 11) is 2.20. The van der Waals surface area contributed by atoms with E-state index in [1.54, 1.807) is 0 Å². The molecule has 0 radical (unpaired) electrons. The number of likely N-dealkylation sites (tertiary alicyclic amines) is 1. The average Bonchev–Trinajstić information content (AvgIpc) is 3.00. The molecule has 4 rings (SSSR count). The number of piperidine rings is 1. The van der Waals surface area contributed by atoms with Gasteiger partial charge in [0.2, 0.25) is 0 Å². The van der Waals surface area contributed by atoms with Gasteiger partial charge in [-0.1, -0.05) is 53.9 Å². The van der Waals surface area contributed by atoms with Gasteiger partial charge in [-0.05, 0) is 73.5 Å². The van der Waals surface area contributed by atoms with Crippen molar-refractivity contribution in [3.05, 3.63) is 11.8 Å². The SMILES string of the molecule is CC(C)CCCC(C)C1CCC2C3C(=O)C=C4N(C)CCC[C@]4(C)C3CC[C@]12C. The standard InChI is InChI=1S/C27H45NO/c1-18(2)9-7-10-19(3)20-11-12-21-25-22(13-15-26(20,21)4)27(5)14-8-16-28(6)24(27)17-23(25)29/h17-22,25H,7-16H2,1-6H3/t19?,20?,21?,22?,25?,26-,27-/m1/s1. The number of carbonyl (C=O) groups is 1. The third-order valence-electron chi connectivity index (χ3n) is 10.1. The van der Waals surface area contributed by atoms with Gasteiger partial charge in [0.25, 0.3) is 0 Å². The van der Waals surface area contributed by atoms with Gasteiger partial charge < -0.3 is 4.90 Å². The molecule has 0 N–H and O–H groups in total. The minimum atomic E-state index is 0.230. The van der Waals surface area contributed by atoms with Crippen molar-refractivity contribution >= 4 is 5.78 Å². The summed E-state index contributed by atoms with van der Waals surface area (Å²) in [6.07, 6.45) is 14.0. The minimum absolute atomic E-state index is 0.230. The van der Waals surface area contributed by atoms with Crippen LogP contribution in [-0.2, 0) is 4.79 Å². The van der Waals surface area contributed by atoms with E-state index in [1.165, 1.54) is 63.5 Å². The van der Waals surface area contributed by atoms with Crippen molar-refractivity contribution in [3.8, 4) is 0 Å². The van der Waals surface area contributed by atoms with Gasteiger partial charge in [0.15, 0.2) is 5.78 Å². The Balaban J connectivity index is 1.56. The van der Waals surface area contributed by atoms with Crippen molar-refractivity contribution in [3.63, 3.8) is 0 Å². The number of fused-ring (bicyclic) bond motifs is 5. The van der Waals surface area contributed by atoms with E-state index in [-0.39, 0.29) is 5.41 Å². The second-order valence-electron chi connectivity index (χ2n) is 12.1. The molecule has 3 fully saturated rings. The Hall–Kier alpha value is -0.790. The lowest BCUT2D eigenvalue weighted by molar-refractivity contribution is -0.135. The van der Waals surface area contributed by atoms with Crippen LogP contribution in [0.25, 0.3) is 0 Å². The largest absolute Gasteiger partial charge is 0.377 e. The fourth-order valence-electron chi connectivity index (χ4n) is 8.53. The molecule has 2 saturated carbocycles. The zero-order valence-corrected chi connectivity index (χ0v) is 20.0. The van der Waals surface area contributed by atoms with E-state index in [2.05, 4.69) is 52.6 Å². The second-order valence-corrected chi connectivity index (χ2v) is 12.1. The van der Waals surface area contributed by atoms with Gasteiger partial charge in [0.1, 0.15) is 0 Å². The van der Waals surface area contributed by atoms with Crippen molar-refractivity contribution in [1.82, 2.24) is 4.90 Å². The number of nitrogens with zero attached hydrogens (tertiary/aromatic N) is 1. The van der Waals surface area contributed by atoms with Gasteiger partial charge >= 0.3 is 0 Å². The molecule has 2 nitrogen and oxygen atoms in total. The third kappa shape index (κ3) is 3.41. The Labute approximate surface area is 179 Å².